The van der Waals surface area contributed by atoms with Crippen LogP contribution in [0, 0.1) is 0 Å². The van der Waals surface area contributed by atoms with E-state index in [-0.39, 0.29) is 0 Å². The minimum absolute atomic E-state index is 0.412. The average Bonchev–Trinajstić information content (AvgIpc) is 3.32. The van der Waals surface area contributed by atoms with Gasteiger partial charge in [0.25, 0.3) is 0 Å². The molecule has 1 heterocycles. The fraction of sp³-hybridized carbons (Fsp3) is 0.257. The summed E-state index contributed by atoms with van der Waals surface area (Å²) in [5.41, 5.74) is 0.626. The highest BCUT2D eigenvalue weighted by atomic mass is 16.8. The van der Waals surface area contributed by atoms with E-state index in [4.69, 9.17) is 14.2 Å². The molecule has 0 spiro atoms. The van der Waals surface area contributed by atoms with Crippen LogP contribution in [0.25, 0.3) is 0 Å². The zero-order valence-electron chi connectivity index (χ0n) is 22.6. The highest BCUT2D eigenvalue weighted by molar-refractivity contribution is 5.44. The van der Waals surface area contributed by atoms with Gasteiger partial charge in [0.15, 0.2) is 5.79 Å². The van der Waals surface area contributed by atoms with Crippen LogP contribution >= 0.6 is 0 Å². The molecule has 5 rings (SSSR count). The predicted molar refractivity (Wildman–Crippen MR) is 154 cm³/mol. The Labute approximate surface area is 231 Å². The summed E-state index contributed by atoms with van der Waals surface area (Å²) in [5, 5.41) is 12.9. The molecule has 39 heavy (non-hydrogen) atoms. The lowest BCUT2D eigenvalue weighted by Gasteiger charge is -2.45. The number of ether oxygens (including phenoxy) is 3. The molecule has 0 aromatic heterocycles. The zero-order valence-corrected chi connectivity index (χ0v) is 22.6. The van der Waals surface area contributed by atoms with Gasteiger partial charge in [0, 0.05) is 0 Å². The van der Waals surface area contributed by atoms with E-state index < -0.39 is 29.2 Å². The average molecular weight is 521 g/mol. The van der Waals surface area contributed by atoms with Gasteiger partial charge in [0.05, 0.1) is 6.61 Å². The summed E-state index contributed by atoms with van der Waals surface area (Å²) in [6.07, 6.45) is 0.942. The fourth-order valence-corrected chi connectivity index (χ4v) is 5.66. The van der Waals surface area contributed by atoms with Gasteiger partial charge in [-0.25, -0.2) is 0 Å². The van der Waals surface area contributed by atoms with Gasteiger partial charge < -0.3 is 19.3 Å². The van der Waals surface area contributed by atoms with Crippen LogP contribution in [0.4, 0.5) is 0 Å². The Bertz CT molecular complexity index is 1260. The van der Waals surface area contributed by atoms with Crippen LogP contribution in [-0.4, -0.2) is 29.7 Å². The smallest absolute Gasteiger partial charge is 0.164 e. The molecule has 0 amide bonds. The van der Waals surface area contributed by atoms with Crippen molar-refractivity contribution in [2.24, 2.45) is 0 Å². The van der Waals surface area contributed by atoms with Gasteiger partial charge in [-0.15, -0.1) is 6.58 Å². The summed E-state index contributed by atoms with van der Waals surface area (Å²) in [7, 11) is 0. The molecule has 0 unspecified atom stereocenters. The first-order valence-corrected chi connectivity index (χ1v) is 13.5. The van der Waals surface area contributed by atoms with Gasteiger partial charge in [-0.3, -0.25) is 0 Å². The molecule has 1 aliphatic heterocycles. The first-order chi connectivity index (χ1) is 18.9. The highest BCUT2D eigenvalue weighted by Gasteiger charge is 2.62. The van der Waals surface area contributed by atoms with Gasteiger partial charge in [-0.05, 0) is 42.5 Å². The second kappa shape index (κ2) is 11.3. The number of rotatable bonds is 10. The molecule has 2 atom stereocenters. The Balaban J connectivity index is 1.79. The van der Waals surface area contributed by atoms with Crippen LogP contribution in [0.2, 0.25) is 0 Å². The summed E-state index contributed by atoms with van der Waals surface area (Å²) < 4.78 is 20.5. The van der Waals surface area contributed by atoms with Crippen molar-refractivity contribution < 1.29 is 19.3 Å². The molecule has 1 saturated heterocycles. The third-order valence-corrected chi connectivity index (χ3v) is 7.39. The molecular formula is C35H36O4. The summed E-state index contributed by atoms with van der Waals surface area (Å²) >= 11 is 0. The van der Waals surface area contributed by atoms with Crippen LogP contribution in [0.3, 0.4) is 0 Å². The van der Waals surface area contributed by atoms with Gasteiger partial charge >= 0.3 is 0 Å². The Morgan fingerprint density at radius 2 is 1.08 bits per heavy atom. The third kappa shape index (κ3) is 5.09. The van der Waals surface area contributed by atoms with Crippen LogP contribution in [0.15, 0.2) is 134 Å². The number of hydrogen-bond donors (Lipinski definition) is 1. The third-order valence-electron chi connectivity index (χ3n) is 7.39. The molecule has 4 aromatic carbocycles. The van der Waals surface area contributed by atoms with E-state index in [9.17, 15) is 5.11 Å². The Morgan fingerprint density at radius 3 is 1.49 bits per heavy atom. The van der Waals surface area contributed by atoms with Crippen molar-refractivity contribution in [1.82, 2.24) is 0 Å². The largest absolute Gasteiger partial charge is 0.378 e. The van der Waals surface area contributed by atoms with E-state index in [0.29, 0.717) is 24.2 Å². The first-order valence-electron chi connectivity index (χ1n) is 13.5. The Hall–Kier alpha value is -3.54. The van der Waals surface area contributed by atoms with Gasteiger partial charge in [0.2, 0.25) is 0 Å². The molecule has 0 aliphatic carbocycles. The molecular weight excluding hydrogens is 484 g/mol. The van der Waals surface area contributed by atoms with E-state index in [2.05, 4.69) is 30.8 Å². The molecule has 1 fully saturated rings. The lowest BCUT2D eigenvalue weighted by molar-refractivity contribution is -0.178. The van der Waals surface area contributed by atoms with E-state index in [0.717, 1.165) is 11.1 Å². The van der Waals surface area contributed by atoms with E-state index in [1.807, 2.05) is 117 Å². The van der Waals surface area contributed by atoms with Gasteiger partial charge in [-0.2, -0.15) is 0 Å². The van der Waals surface area contributed by atoms with Crippen molar-refractivity contribution in [2.75, 3.05) is 6.61 Å². The normalized spacial score (nSPS) is 19.1. The molecule has 0 radical (unpaired) electrons. The maximum absolute atomic E-state index is 12.9. The van der Waals surface area contributed by atoms with Crippen LogP contribution in [0.5, 0.6) is 0 Å². The van der Waals surface area contributed by atoms with Crippen LogP contribution in [-0.2, 0) is 25.4 Å². The summed E-state index contributed by atoms with van der Waals surface area (Å²) in [5.74, 6) is -0.997. The van der Waals surface area contributed by atoms with Crippen LogP contribution < -0.4 is 0 Å². The minimum Gasteiger partial charge on any atom is -0.378 e. The highest BCUT2D eigenvalue weighted by Crippen LogP contribution is 2.51. The van der Waals surface area contributed by atoms with E-state index >= 15 is 0 Å². The zero-order chi connectivity index (χ0) is 27.3. The number of aliphatic hydroxyl groups is 1. The molecule has 0 saturated carbocycles. The van der Waals surface area contributed by atoms with Crippen molar-refractivity contribution in [2.45, 2.75) is 49.5 Å². The number of benzene rings is 4. The monoisotopic (exact) mass is 520 g/mol. The fourth-order valence-electron chi connectivity index (χ4n) is 5.66. The van der Waals surface area contributed by atoms with Crippen molar-refractivity contribution in [3.63, 3.8) is 0 Å². The predicted octanol–water partition coefficient (Wildman–Crippen LogP) is 6.98. The molecule has 4 nitrogen and oxygen atoms in total. The van der Waals surface area contributed by atoms with Crippen molar-refractivity contribution in [3.8, 4) is 0 Å². The molecule has 4 heteroatoms. The maximum atomic E-state index is 12.9. The Kier molecular flexibility index (Phi) is 7.83. The quantitative estimate of drug-likeness (QED) is 0.181. The summed E-state index contributed by atoms with van der Waals surface area (Å²) in [6, 6.07) is 39.5. The second-order valence-corrected chi connectivity index (χ2v) is 10.4. The Morgan fingerprint density at radius 1 is 0.692 bits per heavy atom. The number of hydrogen-bond acceptors (Lipinski definition) is 4. The SMILES string of the molecule is C=CCCOC(c1ccccc1)(c1ccccc1)[C@@H]1OC(C)(C)O[C@H]1C(O)(c1ccccc1)c1ccccc1. The molecule has 1 aliphatic rings. The van der Waals surface area contributed by atoms with E-state index in [1.54, 1.807) is 0 Å². The van der Waals surface area contributed by atoms with E-state index in [1.165, 1.54) is 0 Å². The molecule has 4 aromatic rings. The minimum atomic E-state index is -1.54. The topological polar surface area (TPSA) is 47.9 Å². The summed E-state index contributed by atoms with van der Waals surface area (Å²) in [6.45, 7) is 8.10. The molecule has 200 valence electrons. The van der Waals surface area contributed by atoms with Crippen molar-refractivity contribution >= 4 is 0 Å². The van der Waals surface area contributed by atoms with Crippen molar-refractivity contribution in [3.05, 3.63) is 156 Å². The van der Waals surface area contributed by atoms with Gasteiger partial charge in [-0.1, -0.05) is 127 Å². The molecule has 0 bridgehead atoms. The summed E-state index contributed by atoms with van der Waals surface area (Å²) in [4.78, 5) is 0. The van der Waals surface area contributed by atoms with Gasteiger partial charge in [0.1, 0.15) is 23.4 Å². The maximum Gasteiger partial charge on any atom is 0.164 e. The van der Waals surface area contributed by atoms with Crippen LogP contribution in [0.1, 0.15) is 42.5 Å². The second-order valence-electron chi connectivity index (χ2n) is 10.4. The first kappa shape index (κ1) is 27.0. The standard InChI is InChI=1S/C35H36O4/c1-4-5-26-37-35(29-22-14-8-15-23-29,30-24-16-9-17-25-30)32-31(38-33(2,3)39-32)34(36,27-18-10-6-11-19-27)28-20-12-7-13-21-28/h4,6-25,31-32,36H,1,5,26H2,2-3H3/t31-,32-/m1/s1. The molecule has 1 N–H and O–H groups in total. The lowest BCUT2D eigenvalue weighted by Crippen LogP contribution is -2.56. The lowest BCUT2D eigenvalue weighted by atomic mass is 9.72. The van der Waals surface area contributed by atoms with Crippen molar-refractivity contribution in [1.29, 1.82) is 0 Å².